The van der Waals surface area contributed by atoms with E-state index < -0.39 is 17.3 Å². The van der Waals surface area contributed by atoms with E-state index in [1.54, 1.807) is 32.0 Å². The number of benzene rings is 1. The fraction of sp³-hybridized carbons (Fsp3) is 0.389. The zero-order valence-corrected chi connectivity index (χ0v) is 14.1. The number of aliphatic hydroxyl groups excluding tert-OH is 1. The summed E-state index contributed by atoms with van der Waals surface area (Å²) in [5.74, 6) is 0.0233. The van der Waals surface area contributed by atoms with Crippen LogP contribution in [0, 0.1) is 6.57 Å². The zero-order chi connectivity index (χ0) is 18.1. The number of hydrogen-bond acceptors (Lipinski definition) is 5. The number of aromatic hydroxyl groups is 2. The predicted octanol–water partition coefficient (Wildman–Crippen LogP) is 2.67. The molecule has 1 aromatic heterocycles. The molecule has 3 N–H and O–H groups in total. The van der Waals surface area contributed by atoms with Crippen LogP contribution in [0.1, 0.15) is 31.4 Å². The Balaban J connectivity index is 1.97. The average Bonchev–Trinajstić information content (AvgIpc) is 3.08. The van der Waals surface area contributed by atoms with Crippen molar-refractivity contribution in [3.05, 3.63) is 40.7 Å². The number of aromatic nitrogens is 1. The van der Waals surface area contributed by atoms with E-state index >= 15 is 0 Å². The van der Waals surface area contributed by atoms with Gasteiger partial charge in [-0.05, 0) is 26.0 Å². The highest BCUT2D eigenvalue weighted by Gasteiger charge is 2.64. The summed E-state index contributed by atoms with van der Waals surface area (Å²) in [4.78, 5) is 3.37. The first-order chi connectivity index (χ1) is 11.8. The molecule has 7 heteroatoms. The smallest absolute Gasteiger partial charge is 0.228 e. The number of fused-ring (bicyclic) bond motifs is 5. The second kappa shape index (κ2) is 4.69. The van der Waals surface area contributed by atoms with Crippen molar-refractivity contribution in [2.45, 2.75) is 37.6 Å². The van der Waals surface area contributed by atoms with Gasteiger partial charge in [-0.1, -0.05) is 6.07 Å². The van der Waals surface area contributed by atoms with Gasteiger partial charge in [-0.25, -0.2) is 4.85 Å². The van der Waals surface area contributed by atoms with Gasteiger partial charge in [0.05, 0.1) is 42.2 Å². The molecule has 1 saturated heterocycles. The molecule has 1 fully saturated rings. The molecule has 0 saturated carbocycles. The maximum Gasteiger partial charge on any atom is 0.228 e. The van der Waals surface area contributed by atoms with E-state index in [0.717, 1.165) is 0 Å². The van der Waals surface area contributed by atoms with Gasteiger partial charge in [-0.2, -0.15) is 0 Å². The molecule has 130 valence electrons. The lowest BCUT2D eigenvalue weighted by Crippen LogP contribution is -2.32. The predicted molar refractivity (Wildman–Crippen MR) is 88.3 cm³/mol. The number of ether oxygens (including phenoxy) is 2. The monoisotopic (exact) mass is 342 g/mol. The van der Waals surface area contributed by atoms with Crippen LogP contribution < -0.4 is 4.74 Å². The van der Waals surface area contributed by atoms with Crippen molar-refractivity contribution in [1.82, 2.24) is 4.57 Å². The Labute approximate surface area is 144 Å². The second-order valence-corrected chi connectivity index (χ2v) is 6.86. The Bertz CT molecular complexity index is 944. The van der Waals surface area contributed by atoms with Gasteiger partial charge in [0.25, 0.3) is 0 Å². The third-order valence-electron chi connectivity index (χ3n) is 5.34. The Morgan fingerprint density at radius 2 is 1.96 bits per heavy atom. The first-order valence-corrected chi connectivity index (χ1v) is 7.88. The highest BCUT2D eigenvalue weighted by Crippen LogP contribution is 2.64. The molecule has 1 aromatic carbocycles. The molecule has 0 amide bonds. The third-order valence-corrected chi connectivity index (χ3v) is 5.34. The quantitative estimate of drug-likeness (QED) is 0.730. The minimum absolute atomic E-state index is 0.136. The van der Waals surface area contributed by atoms with Crippen molar-refractivity contribution in [3.8, 4) is 23.2 Å². The number of aliphatic hydroxyl groups is 1. The van der Waals surface area contributed by atoms with Crippen molar-refractivity contribution in [2.75, 3.05) is 7.11 Å². The zero-order valence-electron chi connectivity index (χ0n) is 14.1. The van der Waals surface area contributed by atoms with Gasteiger partial charge >= 0.3 is 0 Å². The number of hydrogen-bond donors (Lipinski definition) is 3. The van der Waals surface area contributed by atoms with Gasteiger partial charge in [0.2, 0.25) is 17.4 Å². The van der Waals surface area contributed by atoms with Gasteiger partial charge < -0.3 is 24.8 Å². The lowest BCUT2D eigenvalue weighted by molar-refractivity contribution is -0.0936. The van der Waals surface area contributed by atoms with Crippen molar-refractivity contribution in [2.24, 2.45) is 0 Å². The van der Waals surface area contributed by atoms with Crippen molar-refractivity contribution >= 4 is 5.69 Å². The summed E-state index contributed by atoms with van der Waals surface area (Å²) < 4.78 is 12.5. The van der Waals surface area contributed by atoms with E-state index in [9.17, 15) is 15.3 Å². The van der Waals surface area contributed by atoms with Crippen LogP contribution in [-0.4, -0.2) is 33.1 Å². The van der Waals surface area contributed by atoms with Crippen LogP contribution >= 0.6 is 0 Å². The lowest BCUT2D eigenvalue weighted by Gasteiger charge is -2.25. The Hall–Kier alpha value is -2.69. The molecule has 2 bridgehead atoms. The SMILES string of the molecule is [C-]#[N+]c1ccc(-n2c(O)c3c(c2O)C2(C)OC3(C)C[C@@H]2O)cc1OC. The van der Waals surface area contributed by atoms with Gasteiger partial charge in [0, 0.05) is 6.42 Å². The van der Waals surface area contributed by atoms with E-state index in [-0.39, 0.29) is 11.8 Å². The molecule has 2 aliphatic rings. The van der Waals surface area contributed by atoms with Crippen LogP contribution in [0.3, 0.4) is 0 Å². The van der Waals surface area contributed by atoms with Crippen LogP contribution in [0.15, 0.2) is 18.2 Å². The highest BCUT2D eigenvalue weighted by molar-refractivity contribution is 5.66. The first-order valence-electron chi connectivity index (χ1n) is 7.88. The molecule has 2 unspecified atom stereocenters. The van der Waals surface area contributed by atoms with Gasteiger partial charge in [-0.15, -0.1) is 0 Å². The summed E-state index contributed by atoms with van der Waals surface area (Å²) in [6.45, 7) is 10.7. The van der Waals surface area contributed by atoms with E-state index in [4.69, 9.17) is 16.0 Å². The number of methoxy groups -OCH3 is 1. The molecule has 4 rings (SSSR count). The fourth-order valence-electron chi connectivity index (χ4n) is 4.17. The molecule has 3 heterocycles. The fourth-order valence-corrected chi connectivity index (χ4v) is 4.17. The van der Waals surface area contributed by atoms with Crippen LogP contribution in [0.25, 0.3) is 10.5 Å². The lowest BCUT2D eigenvalue weighted by atomic mass is 9.78. The maximum absolute atomic E-state index is 10.8. The number of nitrogens with zero attached hydrogens (tertiary/aromatic N) is 2. The largest absolute Gasteiger partial charge is 0.508 e. The number of rotatable bonds is 2. The molecule has 0 aliphatic carbocycles. The molecular weight excluding hydrogens is 324 g/mol. The van der Waals surface area contributed by atoms with E-state index in [1.807, 2.05) is 0 Å². The third kappa shape index (κ3) is 1.75. The summed E-state index contributed by atoms with van der Waals surface area (Å²) in [6.07, 6.45) is -0.432. The minimum atomic E-state index is -1.07. The molecule has 2 aromatic rings. The summed E-state index contributed by atoms with van der Waals surface area (Å²) in [6, 6.07) is 4.76. The molecule has 25 heavy (non-hydrogen) atoms. The molecule has 0 radical (unpaired) electrons. The standard InChI is InChI=1S/C18H18N2O5/c1-17-8-12(21)18(2,25-17)14-13(17)15(22)20(16(14)23)9-5-6-10(19-3)11(7-9)24-4/h5-7,12,21-23H,8H2,1-2,4H3/t12-,17?,18?/m0/s1. The molecule has 0 spiro atoms. The molecule has 2 aliphatic heterocycles. The second-order valence-electron chi connectivity index (χ2n) is 6.86. The van der Waals surface area contributed by atoms with Gasteiger partial charge in [0.15, 0.2) is 0 Å². The summed E-state index contributed by atoms with van der Waals surface area (Å²) in [5.41, 5.74) is -0.253. The van der Waals surface area contributed by atoms with Gasteiger partial charge in [-0.3, -0.25) is 4.57 Å². The van der Waals surface area contributed by atoms with Crippen LogP contribution in [-0.2, 0) is 15.9 Å². The van der Waals surface area contributed by atoms with Crippen LogP contribution in [0.4, 0.5) is 5.69 Å². The maximum atomic E-state index is 10.8. The van der Waals surface area contributed by atoms with Crippen molar-refractivity contribution in [1.29, 1.82) is 0 Å². The average molecular weight is 342 g/mol. The Kier molecular flexibility index (Phi) is 2.96. The van der Waals surface area contributed by atoms with E-state index in [1.165, 1.54) is 11.7 Å². The topological polar surface area (TPSA) is 88.4 Å². The molecular formula is C18H18N2O5. The van der Waals surface area contributed by atoms with Crippen LogP contribution in [0.2, 0.25) is 0 Å². The molecule has 3 atom stereocenters. The first kappa shape index (κ1) is 15.8. The minimum Gasteiger partial charge on any atom is -0.508 e. The normalized spacial score (nSPS) is 29.5. The van der Waals surface area contributed by atoms with E-state index in [0.29, 0.717) is 34.7 Å². The Morgan fingerprint density at radius 1 is 1.28 bits per heavy atom. The Morgan fingerprint density at radius 3 is 2.60 bits per heavy atom. The molecule has 7 nitrogen and oxygen atoms in total. The van der Waals surface area contributed by atoms with Crippen LogP contribution in [0.5, 0.6) is 17.5 Å². The van der Waals surface area contributed by atoms with Crippen molar-refractivity contribution < 1.29 is 24.8 Å². The van der Waals surface area contributed by atoms with Gasteiger partial charge in [0.1, 0.15) is 11.4 Å². The van der Waals surface area contributed by atoms with Crippen molar-refractivity contribution in [3.63, 3.8) is 0 Å². The summed E-state index contributed by atoms with van der Waals surface area (Å²) in [7, 11) is 1.45. The summed E-state index contributed by atoms with van der Waals surface area (Å²) in [5, 5.41) is 32.0. The summed E-state index contributed by atoms with van der Waals surface area (Å²) >= 11 is 0. The highest BCUT2D eigenvalue weighted by atomic mass is 16.6. The van der Waals surface area contributed by atoms with E-state index in [2.05, 4.69) is 4.85 Å².